The van der Waals surface area contributed by atoms with Crippen LogP contribution in [0.2, 0.25) is 0 Å². The molecular weight excluding hydrogens is 266 g/mol. The van der Waals surface area contributed by atoms with Gasteiger partial charge in [-0.05, 0) is 48.9 Å². The second-order valence-corrected chi connectivity index (χ2v) is 6.14. The molecule has 0 spiro atoms. The normalized spacial score (nSPS) is 28.4. The number of fused-ring (bicyclic) bond motifs is 1. The van der Waals surface area contributed by atoms with Crippen LogP contribution in [-0.2, 0) is 4.79 Å². The highest BCUT2D eigenvalue weighted by Crippen LogP contribution is 2.36. The first-order valence-electron chi connectivity index (χ1n) is 7.57. The summed E-state index contributed by atoms with van der Waals surface area (Å²) in [6, 6.07) is 7.71. The van der Waals surface area contributed by atoms with Gasteiger partial charge < -0.3 is 15.8 Å². The maximum absolute atomic E-state index is 12.1. The molecule has 0 bridgehead atoms. The summed E-state index contributed by atoms with van der Waals surface area (Å²) in [5.41, 5.74) is 6.93. The quantitative estimate of drug-likeness (QED) is 0.877. The van der Waals surface area contributed by atoms with Crippen LogP contribution in [0.1, 0.15) is 12.8 Å². The number of nitrogens with two attached hydrogens (primary N) is 1. The van der Waals surface area contributed by atoms with Crippen molar-refractivity contribution in [3.05, 3.63) is 24.3 Å². The Kier molecular flexibility index (Phi) is 4.12. The number of amides is 1. The van der Waals surface area contributed by atoms with Crippen LogP contribution >= 0.6 is 0 Å². The molecule has 21 heavy (non-hydrogen) atoms. The lowest BCUT2D eigenvalue weighted by atomic mass is 9.98. The van der Waals surface area contributed by atoms with Crippen molar-refractivity contribution in [1.82, 2.24) is 4.90 Å². The topological polar surface area (TPSA) is 67.6 Å². The van der Waals surface area contributed by atoms with E-state index in [1.165, 1.54) is 6.42 Å². The van der Waals surface area contributed by atoms with Crippen molar-refractivity contribution in [2.75, 3.05) is 32.1 Å². The lowest BCUT2D eigenvalue weighted by Crippen LogP contribution is -2.34. The molecule has 1 heterocycles. The van der Waals surface area contributed by atoms with E-state index < -0.39 is 0 Å². The third-order valence-electron chi connectivity index (χ3n) is 4.73. The van der Waals surface area contributed by atoms with E-state index in [4.69, 9.17) is 10.5 Å². The minimum Gasteiger partial charge on any atom is -0.497 e. The van der Waals surface area contributed by atoms with Gasteiger partial charge in [-0.2, -0.15) is 0 Å². The van der Waals surface area contributed by atoms with Crippen molar-refractivity contribution < 1.29 is 9.53 Å². The summed E-state index contributed by atoms with van der Waals surface area (Å²) in [5.74, 6) is 2.09. The van der Waals surface area contributed by atoms with E-state index in [9.17, 15) is 4.79 Å². The van der Waals surface area contributed by atoms with Gasteiger partial charge in [-0.15, -0.1) is 0 Å². The fourth-order valence-electron chi connectivity index (χ4n) is 3.61. The van der Waals surface area contributed by atoms with E-state index in [0.29, 0.717) is 24.4 Å². The highest BCUT2D eigenvalue weighted by atomic mass is 16.5. The summed E-state index contributed by atoms with van der Waals surface area (Å²) in [6.07, 6.45) is 2.35. The summed E-state index contributed by atoms with van der Waals surface area (Å²) in [4.78, 5) is 14.3. The van der Waals surface area contributed by atoms with Crippen molar-refractivity contribution in [3.63, 3.8) is 0 Å². The molecule has 1 aliphatic carbocycles. The van der Waals surface area contributed by atoms with Crippen LogP contribution in [0.3, 0.4) is 0 Å². The molecule has 2 fully saturated rings. The Labute approximate surface area is 125 Å². The summed E-state index contributed by atoms with van der Waals surface area (Å²) in [6.45, 7) is 2.42. The van der Waals surface area contributed by atoms with Crippen LogP contribution in [0, 0.1) is 11.8 Å². The molecule has 5 nitrogen and oxygen atoms in total. The Morgan fingerprint density at radius 2 is 2.10 bits per heavy atom. The van der Waals surface area contributed by atoms with Gasteiger partial charge in [-0.25, -0.2) is 0 Å². The van der Waals surface area contributed by atoms with Crippen LogP contribution < -0.4 is 15.8 Å². The SMILES string of the molecule is COc1ccc(NC(=O)CN2CC3CCC(N)C3C2)cc1. The van der Waals surface area contributed by atoms with E-state index >= 15 is 0 Å². The molecule has 1 aromatic rings. The number of rotatable bonds is 4. The number of hydrogen-bond donors (Lipinski definition) is 2. The van der Waals surface area contributed by atoms with E-state index in [-0.39, 0.29) is 5.91 Å². The second kappa shape index (κ2) is 6.03. The smallest absolute Gasteiger partial charge is 0.238 e. The number of anilines is 1. The zero-order valence-corrected chi connectivity index (χ0v) is 12.4. The van der Waals surface area contributed by atoms with Gasteiger partial charge in [-0.1, -0.05) is 0 Å². The van der Waals surface area contributed by atoms with E-state index in [2.05, 4.69) is 10.2 Å². The van der Waals surface area contributed by atoms with Crippen LogP contribution in [0.25, 0.3) is 0 Å². The molecule has 3 rings (SSSR count). The number of carbonyl (C=O) groups excluding carboxylic acids is 1. The van der Waals surface area contributed by atoms with Crippen LogP contribution in [-0.4, -0.2) is 43.6 Å². The first-order valence-corrected chi connectivity index (χ1v) is 7.57. The Morgan fingerprint density at radius 1 is 1.33 bits per heavy atom. The van der Waals surface area contributed by atoms with Gasteiger partial charge in [-0.3, -0.25) is 9.69 Å². The van der Waals surface area contributed by atoms with Crippen molar-refractivity contribution in [2.24, 2.45) is 17.6 Å². The van der Waals surface area contributed by atoms with Crippen LogP contribution in [0.4, 0.5) is 5.69 Å². The average molecular weight is 289 g/mol. The summed E-state index contributed by atoms with van der Waals surface area (Å²) in [7, 11) is 1.63. The van der Waals surface area contributed by atoms with Gasteiger partial charge >= 0.3 is 0 Å². The Morgan fingerprint density at radius 3 is 2.76 bits per heavy atom. The number of methoxy groups -OCH3 is 1. The first-order chi connectivity index (χ1) is 10.2. The van der Waals surface area contributed by atoms with Gasteiger partial charge in [0, 0.05) is 24.8 Å². The maximum atomic E-state index is 12.1. The predicted molar refractivity (Wildman–Crippen MR) is 82.3 cm³/mol. The highest BCUT2D eigenvalue weighted by Gasteiger charge is 2.41. The number of nitrogens with zero attached hydrogens (tertiary/aromatic N) is 1. The molecule has 1 saturated heterocycles. The number of nitrogens with one attached hydrogen (secondary N) is 1. The predicted octanol–water partition coefficient (Wildman–Crippen LogP) is 1.30. The number of carbonyl (C=O) groups is 1. The summed E-state index contributed by atoms with van der Waals surface area (Å²) >= 11 is 0. The molecule has 0 radical (unpaired) electrons. The van der Waals surface area contributed by atoms with E-state index in [1.807, 2.05) is 24.3 Å². The van der Waals surface area contributed by atoms with E-state index in [0.717, 1.165) is 30.9 Å². The summed E-state index contributed by atoms with van der Waals surface area (Å²) < 4.78 is 5.10. The number of benzene rings is 1. The van der Waals surface area contributed by atoms with Gasteiger partial charge in [0.05, 0.1) is 13.7 Å². The summed E-state index contributed by atoms with van der Waals surface area (Å²) in [5, 5.41) is 2.93. The van der Waals surface area contributed by atoms with Gasteiger partial charge in [0.2, 0.25) is 5.91 Å². The zero-order valence-electron chi connectivity index (χ0n) is 12.4. The lowest BCUT2D eigenvalue weighted by molar-refractivity contribution is -0.117. The van der Waals surface area contributed by atoms with E-state index in [1.54, 1.807) is 7.11 Å². The Balaban J connectivity index is 1.50. The molecule has 3 N–H and O–H groups in total. The number of likely N-dealkylation sites (tertiary alicyclic amines) is 1. The molecule has 3 unspecified atom stereocenters. The molecule has 1 saturated carbocycles. The van der Waals surface area contributed by atoms with Gasteiger partial charge in [0.1, 0.15) is 5.75 Å². The Bertz CT molecular complexity index is 503. The molecule has 1 amide bonds. The molecule has 0 aromatic heterocycles. The highest BCUT2D eigenvalue weighted by molar-refractivity contribution is 5.92. The minimum absolute atomic E-state index is 0.0358. The third kappa shape index (κ3) is 3.19. The molecular formula is C16H23N3O2. The molecule has 1 aliphatic heterocycles. The van der Waals surface area contributed by atoms with Crippen molar-refractivity contribution >= 4 is 11.6 Å². The standard InChI is InChI=1S/C16H23N3O2/c1-21-13-5-3-12(4-6-13)18-16(20)10-19-8-11-2-7-15(17)14(11)9-19/h3-6,11,14-15H,2,7-10,17H2,1H3,(H,18,20). The molecule has 2 aliphatic rings. The third-order valence-corrected chi connectivity index (χ3v) is 4.73. The largest absolute Gasteiger partial charge is 0.497 e. The monoisotopic (exact) mass is 289 g/mol. The van der Waals surface area contributed by atoms with Gasteiger partial charge in [0.15, 0.2) is 0 Å². The second-order valence-electron chi connectivity index (χ2n) is 6.14. The zero-order chi connectivity index (χ0) is 14.8. The number of hydrogen-bond acceptors (Lipinski definition) is 4. The lowest BCUT2D eigenvalue weighted by Gasteiger charge is -2.17. The Hall–Kier alpha value is -1.59. The average Bonchev–Trinajstić information content (AvgIpc) is 3.02. The molecule has 114 valence electrons. The fourth-order valence-corrected chi connectivity index (χ4v) is 3.61. The molecule has 3 atom stereocenters. The minimum atomic E-state index is 0.0358. The van der Waals surface area contributed by atoms with Crippen molar-refractivity contribution in [1.29, 1.82) is 0 Å². The van der Waals surface area contributed by atoms with Gasteiger partial charge in [0.25, 0.3) is 0 Å². The van der Waals surface area contributed by atoms with Crippen molar-refractivity contribution in [2.45, 2.75) is 18.9 Å². The van der Waals surface area contributed by atoms with Crippen LogP contribution in [0.15, 0.2) is 24.3 Å². The molecule has 5 heteroatoms. The molecule has 1 aromatic carbocycles. The van der Waals surface area contributed by atoms with Crippen molar-refractivity contribution in [3.8, 4) is 5.75 Å². The number of ether oxygens (including phenoxy) is 1. The maximum Gasteiger partial charge on any atom is 0.238 e. The fraction of sp³-hybridized carbons (Fsp3) is 0.562. The van der Waals surface area contributed by atoms with Crippen LogP contribution in [0.5, 0.6) is 5.75 Å². The first kappa shape index (κ1) is 14.4.